The Morgan fingerprint density at radius 3 is 2.75 bits per heavy atom. The summed E-state index contributed by atoms with van der Waals surface area (Å²) in [6.07, 6.45) is 2.00. The molecule has 0 radical (unpaired) electrons. The quantitative estimate of drug-likeness (QED) is 0.341. The van der Waals surface area contributed by atoms with Gasteiger partial charge in [-0.15, -0.1) is 0 Å². The number of carbonyl (C=O) groups is 2. The van der Waals surface area contributed by atoms with Gasteiger partial charge in [0.2, 0.25) is 5.91 Å². The molecule has 1 aliphatic rings. The molecule has 1 heterocycles. The molecular weight excluding hydrogens is 313 g/mol. The van der Waals surface area contributed by atoms with E-state index >= 15 is 0 Å². The van der Waals surface area contributed by atoms with Crippen LogP contribution in [0.5, 0.6) is 0 Å². The fourth-order valence-corrected chi connectivity index (χ4v) is 2.55. The monoisotopic (exact) mass is 319 g/mol. The fourth-order valence-electron chi connectivity index (χ4n) is 0.737. The molecule has 68 valence electrons. The number of hydrogen-bond donors (Lipinski definition) is 0. The first-order valence-corrected chi connectivity index (χ1v) is 5.97. The van der Waals surface area contributed by atoms with Crippen molar-refractivity contribution in [2.24, 2.45) is 0 Å². The molecule has 1 unspecified atom stereocenters. The Labute approximate surface area is 92.7 Å². The molecular formula is C5H6INO3S2. The molecule has 1 atom stereocenters. The van der Waals surface area contributed by atoms with Crippen LogP contribution in [0.2, 0.25) is 0 Å². The lowest BCUT2D eigenvalue weighted by atomic mass is 10.4. The molecule has 2 amide bonds. The van der Waals surface area contributed by atoms with Crippen LogP contribution in [-0.4, -0.2) is 26.4 Å². The predicted molar refractivity (Wildman–Crippen MR) is 56.5 cm³/mol. The first-order valence-electron chi connectivity index (χ1n) is 3.05. The van der Waals surface area contributed by atoms with Crippen LogP contribution >= 0.6 is 47.0 Å². The fraction of sp³-hybridized carbons (Fsp3) is 0.600. The average molecular weight is 319 g/mol. The van der Waals surface area contributed by atoms with Crippen molar-refractivity contribution in [3.05, 3.63) is 0 Å². The van der Waals surface area contributed by atoms with Gasteiger partial charge < -0.3 is 0 Å². The van der Waals surface area contributed by atoms with Gasteiger partial charge in [0.25, 0.3) is 5.91 Å². The lowest BCUT2D eigenvalue weighted by Crippen LogP contribution is -2.20. The van der Waals surface area contributed by atoms with Crippen molar-refractivity contribution in [1.29, 1.82) is 0 Å². The van der Waals surface area contributed by atoms with Gasteiger partial charge in [0.15, 0.2) is 0 Å². The van der Waals surface area contributed by atoms with E-state index in [1.54, 1.807) is 29.1 Å². The Bertz CT molecular complexity index is 213. The maximum atomic E-state index is 11.2. The SMILES string of the molecule is CSOSC1CC(=O)N(I)C1=O. The summed E-state index contributed by atoms with van der Waals surface area (Å²) in [6.45, 7) is 0. The van der Waals surface area contributed by atoms with E-state index in [1.165, 1.54) is 12.0 Å². The van der Waals surface area contributed by atoms with Crippen LogP contribution in [0.1, 0.15) is 6.42 Å². The Morgan fingerprint density at radius 1 is 1.67 bits per heavy atom. The van der Waals surface area contributed by atoms with E-state index in [-0.39, 0.29) is 23.5 Å². The minimum atomic E-state index is -0.359. The van der Waals surface area contributed by atoms with Gasteiger partial charge in [-0.25, -0.2) is 6.74 Å². The Balaban J connectivity index is 2.47. The molecule has 7 heteroatoms. The van der Waals surface area contributed by atoms with Crippen LogP contribution in [0.25, 0.3) is 0 Å². The summed E-state index contributed by atoms with van der Waals surface area (Å²) in [4.78, 5) is 22.2. The molecule has 0 aromatic rings. The maximum absolute atomic E-state index is 11.2. The highest BCUT2D eigenvalue weighted by Gasteiger charge is 2.38. The highest BCUT2D eigenvalue weighted by Crippen LogP contribution is 2.29. The van der Waals surface area contributed by atoms with E-state index in [0.717, 1.165) is 15.2 Å². The van der Waals surface area contributed by atoms with Crippen LogP contribution in [0, 0.1) is 0 Å². The van der Waals surface area contributed by atoms with Crippen molar-refractivity contribution in [1.82, 2.24) is 3.11 Å². The normalized spacial score (nSPS) is 23.8. The van der Waals surface area contributed by atoms with Crippen LogP contribution in [0.3, 0.4) is 0 Å². The number of nitrogens with zero attached hydrogens (tertiary/aromatic N) is 1. The third-order valence-electron chi connectivity index (χ3n) is 1.27. The highest BCUT2D eigenvalue weighted by molar-refractivity contribution is 14.1. The summed E-state index contributed by atoms with van der Waals surface area (Å²) >= 11 is 3.93. The van der Waals surface area contributed by atoms with Crippen molar-refractivity contribution in [3.8, 4) is 0 Å². The number of amides is 2. The van der Waals surface area contributed by atoms with Crippen molar-refractivity contribution in [2.45, 2.75) is 11.7 Å². The summed E-state index contributed by atoms with van der Waals surface area (Å²) in [5.74, 6) is -0.331. The van der Waals surface area contributed by atoms with E-state index in [9.17, 15) is 9.59 Å². The van der Waals surface area contributed by atoms with Gasteiger partial charge in [-0.3, -0.25) is 9.59 Å². The lowest BCUT2D eigenvalue weighted by Gasteiger charge is -2.03. The van der Waals surface area contributed by atoms with E-state index in [1.807, 2.05) is 0 Å². The van der Waals surface area contributed by atoms with Gasteiger partial charge >= 0.3 is 0 Å². The molecule has 12 heavy (non-hydrogen) atoms. The second-order valence-corrected chi connectivity index (χ2v) is 4.64. The molecule has 4 nitrogen and oxygen atoms in total. The predicted octanol–water partition coefficient (Wildman–Crippen LogP) is 1.41. The van der Waals surface area contributed by atoms with Gasteiger partial charge in [-0.05, 0) is 0 Å². The highest BCUT2D eigenvalue weighted by atomic mass is 127. The minimum Gasteiger partial charge on any atom is -0.274 e. The molecule has 1 rings (SSSR count). The van der Waals surface area contributed by atoms with Crippen molar-refractivity contribution in [3.63, 3.8) is 0 Å². The molecule has 0 N–H and O–H groups in total. The molecule has 0 aromatic carbocycles. The molecule has 1 aliphatic heterocycles. The van der Waals surface area contributed by atoms with Gasteiger partial charge in [0.1, 0.15) is 5.25 Å². The second kappa shape index (κ2) is 4.68. The smallest absolute Gasteiger partial charge is 0.254 e. The third kappa shape index (κ3) is 2.27. The number of imide groups is 1. The molecule has 0 aliphatic carbocycles. The third-order valence-corrected chi connectivity index (χ3v) is 3.74. The topological polar surface area (TPSA) is 46.6 Å². The number of carbonyl (C=O) groups excluding carboxylic acids is 2. The van der Waals surface area contributed by atoms with Crippen molar-refractivity contribution in [2.75, 3.05) is 6.26 Å². The standard InChI is InChI=1S/C5H6INO3S2/c1-11-10-12-3-2-4(8)7(6)5(3)9/h3H,2H2,1H3. The summed E-state index contributed by atoms with van der Waals surface area (Å²) in [6, 6.07) is 0. The van der Waals surface area contributed by atoms with Crippen LogP contribution in [0.15, 0.2) is 0 Å². The van der Waals surface area contributed by atoms with Crippen LogP contribution < -0.4 is 0 Å². The molecule has 0 bridgehead atoms. The van der Waals surface area contributed by atoms with Crippen LogP contribution in [-0.2, 0) is 13.2 Å². The zero-order valence-electron chi connectivity index (χ0n) is 6.15. The molecule has 0 aromatic heterocycles. The molecule has 0 saturated carbocycles. The van der Waals surface area contributed by atoms with Gasteiger partial charge in [-0.2, -0.15) is 0 Å². The van der Waals surface area contributed by atoms with E-state index in [4.69, 9.17) is 3.63 Å². The van der Waals surface area contributed by atoms with E-state index < -0.39 is 0 Å². The minimum absolute atomic E-state index is 0.150. The second-order valence-electron chi connectivity index (χ2n) is 2.04. The van der Waals surface area contributed by atoms with E-state index in [2.05, 4.69) is 0 Å². The number of rotatable bonds is 3. The summed E-state index contributed by atoms with van der Waals surface area (Å²) in [5.41, 5.74) is 0. The molecule has 1 saturated heterocycles. The summed E-state index contributed by atoms with van der Waals surface area (Å²) < 4.78 is 6.02. The van der Waals surface area contributed by atoms with E-state index in [0.29, 0.717) is 0 Å². The lowest BCUT2D eigenvalue weighted by molar-refractivity contribution is -0.130. The Kier molecular flexibility index (Phi) is 4.14. The Morgan fingerprint density at radius 2 is 2.33 bits per heavy atom. The Hall–Kier alpha value is 0.530. The van der Waals surface area contributed by atoms with Gasteiger partial charge in [-0.1, -0.05) is 0 Å². The number of hydrogen-bond acceptors (Lipinski definition) is 5. The van der Waals surface area contributed by atoms with Crippen molar-refractivity contribution >= 4 is 58.8 Å². The van der Waals surface area contributed by atoms with Gasteiger partial charge in [0, 0.05) is 30.3 Å². The first kappa shape index (κ1) is 10.6. The first-order chi connectivity index (χ1) is 5.66. The molecule has 1 fully saturated rings. The van der Waals surface area contributed by atoms with Gasteiger partial charge in [0.05, 0.1) is 29.3 Å². The average Bonchev–Trinajstić information content (AvgIpc) is 2.30. The maximum Gasteiger partial charge on any atom is 0.254 e. The van der Waals surface area contributed by atoms with Crippen LogP contribution in [0.4, 0.5) is 0 Å². The van der Waals surface area contributed by atoms with Crippen molar-refractivity contribution < 1.29 is 13.2 Å². The summed E-state index contributed by atoms with van der Waals surface area (Å²) in [7, 11) is 0. The summed E-state index contributed by atoms with van der Waals surface area (Å²) in [5, 5.41) is -0.359. The molecule has 0 spiro atoms. The largest absolute Gasteiger partial charge is 0.274 e. The number of halogens is 1. The zero-order chi connectivity index (χ0) is 9.14. The zero-order valence-corrected chi connectivity index (χ0v) is 9.94.